The van der Waals surface area contributed by atoms with E-state index in [1.54, 1.807) is 12.1 Å². The van der Waals surface area contributed by atoms with Crippen molar-refractivity contribution in [3.05, 3.63) is 95.6 Å². The summed E-state index contributed by atoms with van der Waals surface area (Å²) in [6.45, 7) is -2.85. The number of halogens is 2. The maximum absolute atomic E-state index is 12.4. The number of rotatable bonds is 4. The van der Waals surface area contributed by atoms with Gasteiger partial charge in [0.2, 0.25) is 6.23 Å². The number of benzene rings is 3. The summed E-state index contributed by atoms with van der Waals surface area (Å²) >= 11 is 0. The largest absolute Gasteiger partial charge is 0.464 e. The summed E-state index contributed by atoms with van der Waals surface area (Å²) in [4.78, 5) is 0. The molecule has 146 valence electrons. The molecule has 3 aromatic carbocycles. The number of hydrogen-bond donors (Lipinski definition) is 0. The number of fused-ring (bicyclic) bond motifs is 3. The summed E-state index contributed by atoms with van der Waals surface area (Å²) in [6, 6.07) is 24.6. The predicted molar refractivity (Wildman–Crippen MR) is 105 cm³/mol. The number of hydrogen-bond acceptors (Lipinski definition) is 4. The van der Waals surface area contributed by atoms with Crippen molar-refractivity contribution >= 4 is 5.71 Å². The van der Waals surface area contributed by atoms with Gasteiger partial charge < -0.3 is 9.47 Å². The minimum absolute atomic E-state index is 0.0529. The van der Waals surface area contributed by atoms with Gasteiger partial charge in [0.1, 0.15) is 11.5 Å². The van der Waals surface area contributed by atoms with Crippen LogP contribution in [0.5, 0.6) is 11.5 Å². The molecule has 4 nitrogen and oxygen atoms in total. The molecule has 0 aliphatic carbocycles. The van der Waals surface area contributed by atoms with Gasteiger partial charge in [-0.05, 0) is 35.9 Å². The standard InChI is InChI=1S/C23H18F2N2O2/c24-23(25)28-17-12-10-16(11-13-17)22-27-20(18-8-4-5-9-21(18)29-22)14-19(26-27)15-6-2-1-3-7-15/h1-13,20,22-23H,14H2/t20-,22-/m1/s1. The molecule has 0 N–H and O–H groups in total. The third-order valence-electron chi connectivity index (χ3n) is 5.20. The van der Waals surface area contributed by atoms with E-state index < -0.39 is 12.8 Å². The van der Waals surface area contributed by atoms with Crippen molar-refractivity contribution in [2.24, 2.45) is 5.10 Å². The Morgan fingerprint density at radius 2 is 1.66 bits per heavy atom. The second-order valence-corrected chi connectivity index (χ2v) is 6.97. The van der Waals surface area contributed by atoms with Crippen LogP contribution in [0.25, 0.3) is 0 Å². The Bertz CT molecular complexity index is 1040. The van der Waals surface area contributed by atoms with Crippen LogP contribution in [0, 0.1) is 0 Å². The molecule has 6 heteroatoms. The summed E-state index contributed by atoms with van der Waals surface area (Å²) in [5.41, 5.74) is 4.00. The Hall–Kier alpha value is -3.41. The second kappa shape index (κ2) is 7.20. The van der Waals surface area contributed by atoms with Crippen molar-refractivity contribution < 1.29 is 18.3 Å². The first-order valence-electron chi connectivity index (χ1n) is 9.40. The minimum Gasteiger partial charge on any atom is -0.464 e. The first-order chi connectivity index (χ1) is 14.2. The maximum Gasteiger partial charge on any atom is 0.387 e. The molecule has 0 saturated carbocycles. The molecule has 0 radical (unpaired) electrons. The number of ether oxygens (including phenoxy) is 2. The van der Waals surface area contributed by atoms with E-state index in [1.165, 1.54) is 12.1 Å². The molecule has 2 aliphatic rings. The van der Waals surface area contributed by atoms with Gasteiger partial charge in [-0.2, -0.15) is 13.9 Å². The topological polar surface area (TPSA) is 34.1 Å². The SMILES string of the molecule is FC(F)Oc1ccc([C@H]2Oc3ccccc3[C@H]3CC(c4ccccc4)=NN32)cc1. The van der Waals surface area contributed by atoms with Crippen LogP contribution in [0.3, 0.4) is 0 Å². The highest BCUT2D eigenvalue weighted by molar-refractivity contribution is 6.01. The fourth-order valence-corrected chi connectivity index (χ4v) is 3.87. The number of nitrogens with zero attached hydrogens (tertiary/aromatic N) is 2. The van der Waals surface area contributed by atoms with Gasteiger partial charge in [0.25, 0.3) is 0 Å². The van der Waals surface area contributed by atoms with Crippen LogP contribution in [-0.2, 0) is 0 Å². The Balaban J connectivity index is 1.52. The van der Waals surface area contributed by atoms with Crippen molar-refractivity contribution in [1.82, 2.24) is 5.01 Å². The smallest absolute Gasteiger partial charge is 0.387 e. The summed E-state index contributed by atoms with van der Waals surface area (Å²) in [6.07, 6.45) is 0.324. The zero-order valence-corrected chi connectivity index (χ0v) is 15.4. The van der Waals surface area contributed by atoms with Gasteiger partial charge in [0, 0.05) is 17.5 Å². The third-order valence-corrected chi connectivity index (χ3v) is 5.20. The van der Waals surface area contributed by atoms with Gasteiger partial charge in [-0.1, -0.05) is 48.5 Å². The Morgan fingerprint density at radius 1 is 0.931 bits per heavy atom. The molecule has 0 saturated heterocycles. The molecule has 0 fully saturated rings. The molecule has 0 aromatic heterocycles. The molecule has 0 amide bonds. The van der Waals surface area contributed by atoms with Crippen molar-refractivity contribution in [3.8, 4) is 11.5 Å². The first-order valence-corrected chi connectivity index (χ1v) is 9.40. The molecular weight excluding hydrogens is 374 g/mol. The lowest BCUT2D eigenvalue weighted by Crippen LogP contribution is -2.33. The van der Waals surface area contributed by atoms with Crippen LogP contribution in [0.4, 0.5) is 8.78 Å². The van der Waals surface area contributed by atoms with Crippen molar-refractivity contribution in [2.45, 2.75) is 25.3 Å². The summed E-state index contributed by atoms with van der Waals surface area (Å²) in [5, 5.41) is 6.85. The van der Waals surface area contributed by atoms with Gasteiger partial charge in [-0.25, -0.2) is 5.01 Å². The average Bonchev–Trinajstić information content (AvgIpc) is 3.20. The molecule has 2 aliphatic heterocycles. The normalized spacial score (nSPS) is 20.0. The molecule has 2 heterocycles. The van der Waals surface area contributed by atoms with Crippen molar-refractivity contribution in [1.29, 1.82) is 0 Å². The monoisotopic (exact) mass is 392 g/mol. The Labute approximate surface area is 167 Å². The lowest BCUT2D eigenvalue weighted by Gasteiger charge is -2.38. The van der Waals surface area contributed by atoms with E-state index in [0.29, 0.717) is 0 Å². The molecule has 0 bridgehead atoms. The van der Waals surface area contributed by atoms with E-state index in [9.17, 15) is 8.78 Å². The average molecular weight is 392 g/mol. The minimum atomic E-state index is -2.85. The summed E-state index contributed by atoms with van der Waals surface area (Å²) < 4.78 is 35.6. The maximum atomic E-state index is 12.4. The van der Waals surface area contributed by atoms with E-state index in [4.69, 9.17) is 9.84 Å². The molecule has 2 atom stereocenters. The first kappa shape index (κ1) is 17.7. The van der Waals surface area contributed by atoms with Crippen molar-refractivity contribution in [3.63, 3.8) is 0 Å². The lowest BCUT2D eigenvalue weighted by atomic mass is 9.96. The highest BCUT2D eigenvalue weighted by atomic mass is 19.3. The number of para-hydroxylation sites is 1. The molecule has 3 aromatic rings. The molecular formula is C23H18F2N2O2. The van der Waals surface area contributed by atoms with E-state index in [1.807, 2.05) is 41.4 Å². The van der Waals surface area contributed by atoms with E-state index in [0.717, 1.165) is 34.6 Å². The number of hydrazone groups is 1. The van der Waals surface area contributed by atoms with Gasteiger partial charge in [0.15, 0.2) is 0 Å². The van der Waals surface area contributed by atoms with Crippen LogP contribution >= 0.6 is 0 Å². The fourth-order valence-electron chi connectivity index (χ4n) is 3.87. The fraction of sp³-hybridized carbons (Fsp3) is 0.174. The molecule has 0 unspecified atom stereocenters. The van der Waals surface area contributed by atoms with E-state index in [-0.39, 0.29) is 11.8 Å². The van der Waals surface area contributed by atoms with E-state index >= 15 is 0 Å². The molecule has 29 heavy (non-hydrogen) atoms. The lowest BCUT2D eigenvalue weighted by molar-refractivity contribution is -0.0499. The van der Waals surface area contributed by atoms with Gasteiger partial charge >= 0.3 is 6.61 Å². The highest BCUT2D eigenvalue weighted by Gasteiger charge is 2.40. The Kier molecular flexibility index (Phi) is 4.39. The quantitative estimate of drug-likeness (QED) is 0.585. The van der Waals surface area contributed by atoms with Gasteiger partial charge in [-0.3, -0.25) is 0 Å². The van der Waals surface area contributed by atoms with Gasteiger partial charge in [-0.15, -0.1) is 0 Å². The Morgan fingerprint density at radius 3 is 2.41 bits per heavy atom. The summed E-state index contributed by atoms with van der Waals surface area (Å²) in [5.74, 6) is 0.933. The van der Waals surface area contributed by atoms with Crippen LogP contribution in [0.2, 0.25) is 0 Å². The predicted octanol–water partition coefficient (Wildman–Crippen LogP) is 5.53. The summed E-state index contributed by atoms with van der Waals surface area (Å²) in [7, 11) is 0. The van der Waals surface area contributed by atoms with Gasteiger partial charge in [0.05, 0.1) is 11.8 Å². The molecule has 0 spiro atoms. The zero-order valence-electron chi connectivity index (χ0n) is 15.4. The third kappa shape index (κ3) is 3.31. The van der Waals surface area contributed by atoms with Crippen LogP contribution in [-0.4, -0.2) is 17.3 Å². The highest BCUT2D eigenvalue weighted by Crippen LogP contribution is 2.47. The van der Waals surface area contributed by atoms with E-state index in [2.05, 4.69) is 22.9 Å². The second-order valence-electron chi connectivity index (χ2n) is 6.97. The zero-order chi connectivity index (χ0) is 19.8. The number of alkyl halides is 2. The van der Waals surface area contributed by atoms with Crippen LogP contribution in [0.1, 0.15) is 35.4 Å². The molecule has 5 rings (SSSR count). The van der Waals surface area contributed by atoms with Crippen LogP contribution < -0.4 is 9.47 Å². The van der Waals surface area contributed by atoms with Crippen LogP contribution in [0.15, 0.2) is 84.0 Å². The van der Waals surface area contributed by atoms with Crippen molar-refractivity contribution in [2.75, 3.05) is 0 Å².